The van der Waals surface area contributed by atoms with Gasteiger partial charge in [-0.25, -0.2) is 4.98 Å². The highest BCUT2D eigenvalue weighted by atomic mass is 35.5. The predicted molar refractivity (Wildman–Crippen MR) is 102 cm³/mol. The first-order valence-corrected chi connectivity index (χ1v) is 8.60. The first kappa shape index (κ1) is 16.8. The van der Waals surface area contributed by atoms with Crippen LogP contribution in [0.5, 0.6) is 11.5 Å². The Kier molecular flexibility index (Phi) is 4.69. The lowest BCUT2D eigenvalue weighted by Gasteiger charge is -2.09. The summed E-state index contributed by atoms with van der Waals surface area (Å²) in [5, 5.41) is 7.43. The van der Waals surface area contributed by atoms with Crippen LogP contribution in [-0.4, -0.2) is 16.8 Å². The van der Waals surface area contributed by atoms with Gasteiger partial charge in [0, 0.05) is 28.5 Å². The third kappa shape index (κ3) is 3.92. The summed E-state index contributed by atoms with van der Waals surface area (Å²) in [5.74, 6) is 2.65. The fourth-order valence-corrected chi connectivity index (χ4v) is 3.04. The molecule has 1 aliphatic rings. The Labute approximate surface area is 160 Å². The largest absolute Gasteiger partial charge is 0.454 e. The van der Waals surface area contributed by atoms with Gasteiger partial charge in [-0.15, -0.1) is 0 Å². The van der Waals surface area contributed by atoms with Crippen LogP contribution in [-0.2, 0) is 6.54 Å². The number of rotatable bonds is 5. The second kappa shape index (κ2) is 7.27. The molecule has 0 fully saturated rings. The highest BCUT2D eigenvalue weighted by Gasteiger charge is 2.13. The van der Waals surface area contributed by atoms with Crippen molar-refractivity contribution < 1.29 is 9.47 Å². The average molecular weight is 389 g/mol. The Morgan fingerprint density at radius 2 is 1.77 bits per heavy atom. The quantitative estimate of drug-likeness (QED) is 0.649. The lowest BCUT2D eigenvalue weighted by molar-refractivity contribution is 0.174. The Hall–Kier alpha value is -2.70. The standard InChI is InChI=1S/C18H14Cl2N4O2/c19-12-6-13(20)8-14(7-12)23-18-21-4-3-17(24-18)22-9-11-1-2-15-16(5-11)26-10-25-15/h1-8H,9-10H2,(H2,21,22,23,24). The van der Waals surface area contributed by atoms with E-state index in [1.165, 1.54) is 0 Å². The third-order valence-electron chi connectivity index (χ3n) is 3.68. The summed E-state index contributed by atoms with van der Waals surface area (Å²) in [6.07, 6.45) is 1.67. The zero-order chi connectivity index (χ0) is 17.9. The number of fused-ring (bicyclic) bond motifs is 1. The van der Waals surface area contributed by atoms with Crippen LogP contribution in [0.15, 0.2) is 48.7 Å². The molecule has 6 nitrogen and oxygen atoms in total. The zero-order valence-corrected chi connectivity index (χ0v) is 15.0. The highest BCUT2D eigenvalue weighted by molar-refractivity contribution is 6.35. The fourth-order valence-electron chi connectivity index (χ4n) is 2.52. The first-order valence-electron chi connectivity index (χ1n) is 7.84. The molecule has 1 aromatic heterocycles. The molecule has 0 spiro atoms. The molecule has 0 amide bonds. The van der Waals surface area contributed by atoms with E-state index in [2.05, 4.69) is 20.6 Å². The predicted octanol–water partition coefficient (Wildman–Crippen LogP) is 4.87. The Morgan fingerprint density at radius 3 is 2.62 bits per heavy atom. The van der Waals surface area contributed by atoms with E-state index in [-0.39, 0.29) is 6.79 Å². The van der Waals surface area contributed by atoms with E-state index in [1.807, 2.05) is 18.2 Å². The Morgan fingerprint density at radius 1 is 0.962 bits per heavy atom. The lowest BCUT2D eigenvalue weighted by Crippen LogP contribution is -2.04. The van der Waals surface area contributed by atoms with Gasteiger partial charge in [-0.05, 0) is 42.0 Å². The van der Waals surface area contributed by atoms with Crippen LogP contribution in [0.2, 0.25) is 10.0 Å². The molecule has 1 aliphatic heterocycles. The van der Waals surface area contributed by atoms with Crippen LogP contribution in [0.1, 0.15) is 5.56 Å². The van der Waals surface area contributed by atoms with Crippen molar-refractivity contribution in [1.82, 2.24) is 9.97 Å². The molecule has 0 aliphatic carbocycles. The second-order valence-electron chi connectivity index (χ2n) is 5.59. The first-order chi connectivity index (χ1) is 12.7. The maximum atomic E-state index is 6.01. The van der Waals surface area contributed by atoms with Gasteiger partial charge >= 0.3 is 0 Å². The number of benzene rings is 2. The van der Waals surface area contributed by atoms with Crippen LogP contribution in [0, 0.1) is 0 Å². The molecule has 0 unspecified atom stereocenters. The number of aromatic nitrogens is 2. The minimum Gasteiger partial charge on any atom is -0.454 e. The van der Waals surface area contributed by atoms with Crippen LogP contribution in [0.3, 0.4) is 0 Å². The van der Waals surface area contributed by atoms with E-state index >= 15 is 0 Å². The maximum Gasteiger partial charge on any atom is 0.231 e. The van der Waals surface area contributed by atoms with Gasteiger partial charge in [0.2, 0.25) is 12.7 Å². The molecule has 0 atom stereocenters. The number of anilines is 3. The van der Waals surface area contributed by atoms with Crippen molar-refractivity contribution in [2.45, 2.75) is 6.54 Å². The topological polar surface area (TPSA) is 68.3 Å². The van der Waals surface area contributed by atoms with E-state index in [0.29, 0.717) is 28.4 Å². The van der Waals surface area contributed by atoms with Gasteiger partial charge in [0.1, 0.15) is 5.82 Å². The minimum atomic E-state index is 0.265. The normalized spacial score (nSPS) is 12.1. The molecular weight excluding hydrogens is 375 g/mol. The van der Waals surface area contributed by atoms with Gasteiger partial charge in [-0.1, -0.05) is 29.3 Å². The van der Waals surface area contributed by atoms with Crippen LogP contribution < -0.4 is 20.1 Å². The summed E-state index contributed by atoms with van der Waals surface area (Å²) in [7, 11) is 0. The second-order valence-corrected chi connectivity index (χ2v) is 6.46. The summed E-state index contributed by atoms with van der Waals surface area (Å²) < 4.78 is 10.7. The molecule has 8 heteroatoms. The molecular formula is C18H14Cl2N4O2. The SMILES string of the molecule is Clc1cc(Cl)cc(Nc2nccc(NCc3ccc4c(c3)OCO4)n2)c1. The number of hydrogen-bond donors (Lipinski definition) is 2. The third-order valence-corrected chi connectivity index (χ3v) is 4.12. The molecule has 4 rings (SSSR count). The van der Waals surface area contributed by atoms with E-state index < -0.39 is 0 Å². The van der Waals surface area contributed by atoms with Crippen LogP contribution in [0.4, 0.5) is 17.5 Å². The summed E-state index contributed by atoms with van der Waals surface area (Å²) >= 11 is 12.0. The highest BCUT2D eigenvalue weighted by Crippen LogP contribution is 2.32. The number of hydrogen-bond acceptors (Lipinski definition) is 6. The molecule has 132 valence electrons. The zero-order valence-electron chi connectivity index (χ0n) is 13.5. The monoisotopic (exact) mass is 388 g/mol. The molecule has 2 aromatic carbocycles. The fraction of sp³-hybridized carbons (Fsp3) is 0.111. The molecule has 0 saturated heterocycles. The van der Waals surface area contributed by atoms with Crippen LogP contribution in [0.25, 0.3) is 0 Å². The van der Waals surface area contributed by atoms with Gasteiger partial charge in [0.05, 0.1) is 0 Å². The summed E-state index contributed by atoms with van der Waals surface area (Å²) in [4.78, 5) is 8.65. The average Bonchev–Trinajstić information content (AvgIpc) is 3.07. The minimum absolute atomic E-state index is 0.265. The summed E-state index contributed by atoms with van der Waals surface area (Å²) in [6.45, 7) is 0.858. The Bertz CT molecular complexity index is 932. The van der Waals surface area contributed by atoms with Crippen molar-refractivity contribution in [3.05, 3.63) is 64.3 Å². The van der Waals surface area contributed by atoms with Crippen molar-refractivity contribution in [2.75, 3.05) is 17.4 Å². The summed E-state index contributed by atoms with van der Waals surface area (Å²) in [6, 6.07) is 12.8. The van der Waals surface area contributed by atoms with E-state index in [1.54, 1.807) is 30.5 Å². The summed E-state index contributed by atoms with van der Waals surface area (Å²) in [5.41, 5.74) is 1.78. The van der Waals surface area contributed by atoms with E-state index in [9.17, 15) is 0 Å². The van der Waals surface area contributed by atoms with Crippen LogP contribution >= 0.6 is 23.2 Å². The van der Waals surface area contributed by atoms with Gasteiger partial charge in [0.15, 0.2) is 11.5 Å². The number of nitrogens with zero attached hydrogens (tertiary/aromatic N) is 2. The molecule has 0 radical (unpaired) electrons. The smallest absolute Gasteiger partial charge is 0.231 e. The van der Waals surface area contributed by atoms with Crippen molar-refractivity contribution in [1.29, 1.82) is 0 Å². The Balaban J connectivity index is 1.44. The van der Waals surface area contributed by atoms with E-state index in [0.717, 1.165) is 22.7 Å². The van der Waals surface area contributed by atoms with Crippen molar-refractivity contribution in [3.8, 4) is 11.5 Å². The molecule has 2 heterocycles. The molecule has 26 heavy (non-hydrogen) atoms. The number of ether oxygens (including phenoxy) is 2. The molecule has 0 bridgehead atoms. The number of nitrogens with one attached hydrogen (secondary N) is 2. The van der Waals surface area contributed by atoms with Crippen molar-refractivity contribution in [2.24, 2.45) is 0 Å². The van der Waals surface area contributed by atoms with Crippen molar-refractivity contribution >= 4 is 40.7 Å². The lowest BCUT2D eigenvalue weighted by atomic mass is 10.2. The number of halogens is 2. The van der Waals surface area contributed by atoms with Gasteiger partial charge < -0.3 is 20.1 Å². The molecule has 2 N–H and O–H groups in total. The van der Waals surface area contributed by atoms with E-state index in [4.69, 9.17) is 32.7 Å². The van der Waals surface area contributed by atoms with Gasteiger partial charge in [0.25, 0.3) is 0 Å². The molecule has 0 saturated carbocycles. The van der Waals surface area contributed by atoms with Gasteiger partial charge in [-0.2, -0.15) is 4.98 Å². The maximum absolute atomic E-state index is 6.01. The van der Waals surface area contributed by atoms with Gasteiger partial charge in [-0.3, -0.25) is 0 Å². The molecule has 3 aromatic rings. The van der Waals surface area contributed by atoms with Crippen molar-refractivity contribution in [3.63, 3.8) is 0 Å².